The SMILES string of the molecule is NCC1(c2ccc(CCN3CCCCC3)cc2)CCCC1. The fourth-order valence-corrected chi connectivity index (χ4v) is 4.16. The highest BCUT2D eigenvalue weighted by molar-refractivity contribution is 5.31. The number of rotatable bonds is 5. The highest BCUT2D eigenvalue weighted by Gasteiger charge is 2.33. The quantitative estimate of drug-likeness (QED) is 0.898. The standard InChI is InChI=1S/C19H30N2/c20-16-19(11-2-3-12-19)18-8-6-17(7-9-18)10-15-21-13-4-1-5-14-21/h6-9H,1-5,10-16,20H2. The van der Waals surface area contributed by atoms with Crippen molar-refractivity contribution in [3.05, 3.63) is 35.4 Å². The lowest BCUT2D eigenvalue weighted by molar-refractivity contribution is 0.231. The van der Waals surface area contributed by atoms with Gasteiger partial charge < -0.3 is 10.6 Å². The summed E-state index contributed by atoms with van der Waals surface area (Å²) in [5.41, 5.74) is 9.33. The lowest BCUT2D eigenvalue weighted by Gasteiger charge is -2.28. The molecule has 2 heteroatoms. The molecular weight excluding hydrogens is 256 g/mol. The van der Waals surface area contributed by atoms with Gasteiger partial charge in [-0.25, -0.2) is 0 Å². The molecule has 0 radical (unpaired) electrons. The Morgan fingerprint density at radius 1 is 0.905 bits per heavy atom. The second-order valence-electron chi connectivity index (χ2n) is 7.04. The van der Waals surface area contributed by atoms with Crippen LogP contribution in [0.4, 0.5) is 0 Å². The Balaban J connectivity index is 1.58. The Bertz CT molecular complexity index is 425. The zero-order chi connectivity index (χ0) is 14.5. The molecule has 1 aromatic carbocycles. The molecular formula is C19H30N2. The summed E-state index contributed by atoms with van der Waals surface area (Å²) in [4.78, 5) is 2.62. The van der Waals surface area contributed by atoms with Gasteiger partial charge in [0.25, 0.3) is 0 Å². The molecule has 1 aromatic rings. The van der Waals surface area contributed by atoms with Crippen LogP contribution in [-0.4, -0.2) is 31.1 Å². The van der Waals surface area contributed by atoms with E-state index in [-0.39, 0.29) is 5.41 Å². The molecule has 0 amide bonds. The molecule has 1 aliphatic heterocycles. The van der Waals surface area contributed by atoms with E-state index < -0.39 is 0 Å². The molecule has 0 spiro atoms. The van der Waals surface area contributed by atoms with Gasteiger partial charge in [0, 0.05) is 18.5 Å². The minimum Gasteiger partial charge on any atom is -0.330 e. The molecule has 1 aliphatic carbocycles. The van der Waals surface area contributed by atoms with Crippen molar-refractivity contribution in [1.29, 1.82) is 0 Å². The summed E-state index contributed by atoms with van der Waals surface area (Å²) >= 11 is 0. The number of benzene rings is 1. The van der Waals surface area contributed by atoms with E-state index >= 15 is 0 Å². The Morgan fingerprint density at radius 3 is 2.19 bits per heavy atom. The molecule has 1 heterocycles. The first-order chi connectivity index (χ1) is 10.3. The van der Waals surface area contributed by atoms with Crippen molar-refractivity contribution in [1.82, 2.24) is 4.90 Å². The van der Waals surface area contributed by atoms with Gasteiger partial charge in [-0.3, -0.25) is 0 Å². The Kier molecular flexibility index (Phi) is 4.97. The summed E-state index contributed by atoms with van der Waals surface area (Å²) in [6.45, 7) is 4.63. The fraction of sp³-hybridized carbons (Fsp3) is 0.684. The summed E-state index contributed by atoms with van der Waals surface area (Å²) in [6, 6.07) is 9.39. The maximum Gasteiger partial charge on any atom is 0.00755 e. The second kappa shape index (κ2) is 6.93. The van der Waals surface area contributed by atoms with Gasteiger partial charge in [0.05, 0.1) is 0 Å². The number of hydrogen-bond donors (Lipinski definition) is 1. The van der Waals surface area contributed by atoms with E-state index in [2.05, 4.69) is 29.2 Å². The van der Waals surface area contributed by atoms with Crippen LogP contribution in [0.2, 0.25) is 0 Å². The van der Waals surface area contributed by atoms with Crippen LogP contribution in [0.25, 0.3) is 0 Å². The van der Waals surface area contributed by atoms with Gasteiger partial charge in [-0.2, -0.15) is 0 Å². The summed E-state index contributed by atoms with van der Waals surface area (Å²) in [5, 5.41) is 0. The molecule has 0 bridgehead atoms. The molecule has 0 unspecified atom stereocenters. The third kappa shape index (κ3) is 3.49. The minimum absolute atomic E-state index is 0.283. The maximum absolute atomic E-state index is 6.09. The Morgan fingerprint density at radius 2 is 1.57 bits per heavy atom. The molecule has 2 aliphatic rings. The summed E-state index contributed by atoms with van der Waals surface area (Å²) in [5.74, 6) is 0. The van der Waals surface area contributed by atoms with Crippen molar-refractivity contribution in [2.45, 2.75) is 56.8 Å². The Labute approximate surface area is 129 Å². The van der Waals surface area contributed by atoms with Crippen LogP contribution in [0.3, 0.4) is 0 Å². The van der Waals surface area contributed by atoms with E-state index in [1.54, 1.807) is 0 Å². The topological polar surface area (TPSA) is 29.3 Å². The van der Waals surface area contributed by atoms with Crippen molar-refractivity contribution >= 4 is 0 Å². The monoisotopic (exact) mass is 286 g/mol. The minimum atomic E-state index is 0.283. The zero-order valence-electron chi connectivity index (χ0n) is 13.3. The highest BCUT2D eigenvalue weighted by Crippen LogP contribution is 2.40. The van der Waals surface area contributed by atoms with E-state index in [4.69, 9.17) is 5.73 Å². The maximum atomic E-state index is 6.09. The number of likely N-dealkylation sites (tertiary alicyclic amines) is 1. The van der Waals surface area contributed by atoms with Crippen molar-refractivity contribution in [2.24, 2.45) is 5.73 Å². The van der Waals surface area contributed by atoms with Crippen LogP contribution in [0.1, 0.15) is 56.1 Å². The van der Waals surface area contributed by atoms with Crippen molar-refractivity contribution < 1.29 is 0 Å². The second-order valence-corrected chi connectivity index (χ2v) is 7.04. The predicted molar refractivity (Wildman–Crippen MR) is 89.6 cm³/mol. The number of piperidine rings is 1. The molecule has 2 fully saturated rings. The van der Waals surface area contributed by atoms with Gasteiger partial charge in [0.15, 0.2) is 0 Å². The first-order valence-corrected chi connectivity index (χ1v) is 8.84. The van der Waals surface area contributed by atoms with Crippen molar-refractivity contribution in [3.8, 4) is 0 Å². The molecule has 1 saturated heterocycles. The lowest BCUT2D eigenvalue weighted by atomic mass is 9.79. The van der Waals surface area contributed by atoms with Gasteiger partial charge in [0.1, 0.15) is 0 Å². The normalized spacial score (nSPS) is 22.5. The number of hydrogen-bond acceptors (Lipinski definition) is 2. The van der Waals surface area contributed by atoms with Gasteiger partial charge in [0.2, 0.25) is 0 Å². The molecule has 1 saturated carbocycles. The summed E-state index contributed by atoms with van der Waals surface area (Å²) in [6.07, 6.45) is 10.6. The third-order valence-corrected chi connectivity index (χ3v) is 5.68. The van der Waals surface area contributed by atoms with Gasteiger partial charge >= 0.3 is 0 Å². The largest absolute Gasteiger partial charge is 0.330 e. The van der Waals surface area contributed by atoms with E-state index in [0.717, 1.165) is 6.54 Å². The highest BCUT2D eigenvalue weighted by atomic mass is 15.1. The van der Waals surface area contributed by atoms with Crippen molar-refractivity contribution in [3.63, 3.8) is 0 Å². The predicted octanol–water partition coefficient (Wildman–Crippen LogP) is 3.49. The van der Waals surface area contributed by atoms with Crippen LogP contribution in [0.5, 0.6) is 0 Å². The summed E-state index contributed by atoms with van der Waals surface area (Å²) in [7, 11) is 0. The first kappa shape index (κ1) is 15.1. The average Bonchev–Trinajstić information content (AvgIpc) is 3.05. The van der Waals surface area contributed by atoms with E-state index in [1.807, 2.05) is 0 Å². The molecule has 2 nitrogen and oxygen atoms in total. The number of nitrogens with two attached hydrogens (primary N) is 1. The van der Waals surface area contributed by atoms with Crippen LogP contribution >= 0.6 is 0 Å². The molecule has 2 N–H and O–H groups in total. The molecule has 0 aromatic heterocycles. The first-order valence-electron chi connectivity index (χ1n) is 8.84. The molecule has 116 valence electrons. The van der Waals surface area contributed by atoms with Crippen LogP contribution in [0, 0.1) is 0 Å². The van der Waals surface area contributed by atoms with Crippen LogP contribution in [0.15, 0.2) is 24.3 Å². The molecule has 3 rings (SSSR count). The van der Waals surface area contributed by atoms with E-state index in [9.17, 15) is 0 Å². The fourth-order valence-electron chi connectivity index (χ4n) is 4.16. The van der Waals surface area contributed by atoms with Gasteiger partial charge in [-0.1, -0.05) is 43.5 Å². The van der Waals surface area contributed by atoms with Crippen LogP contribution < -0.4 is 5.73 Å². The summed E-state index contributed by atoms with van der Waals surface area (Å²) < 4.78 is 0. The third-order valence-electron chi connectivity index (χ3n) is 5.68. The average molecular weight is 286 g/mol. The van der Waals surface area contributed by atoms with E-state index in [1.165, 1.54) is 82.1 Å². The van der Waals surface area contributed by atoms with Crippen molar-refractivity contribution in [2.75, 3.05) is 26.2 Å². The Hall–Kier alpha value is -0.860. The molecule has 0 atom stereocenters. The molecule has 21 heavy (non-hydrogen) atoms. The number of nitrogens with zero attached hydrogens (tertiary/aromatic N) is 1. The smallest absolute Gasteiger partial charge is 0.00755 e. The lowest BCUT2D eigenvalue weighted by Crippen LogP contribution is -2.32. The zero-order valence-corrected chi connectivity index (χ0v) is 13.3. The van der Waals surface area contributed by atoms with Gasteiger partial charge in [-0.15, -0.1) is 0 Å². The van der Waals surface area contributed by atoms with Gasteiger partial charge in [-0.05, 0) is 56.3 Å². The van der Waals surface area contributed by atoms with E-state index in [0.29, 0.717) is 0 Å². The van der Waals surface area contributed by atoms with Crippen LogP contribution in [-0.2, 0) is 11.8 Å².